The molecule has 0 unspecified atom stereocenters. The topological polar surface area (TPSA) is 105 Å². The average molecular weight is 401 g/mol. The summed E-state index contributed by atoms with van der Waals surface area (Å²) in [6.07, 6.45) is 2.83. The maximum Gasteiger partial charge on any atom is 0.321 e. The molecule has 2 aliphatic rings. The maximum atomic E-state index is 12.4. The molecule has 4 amide bonds. The highest BCUT2D eigenvalue weighted by molar-refractivity contribution is 6.00. The highest BCUT2D eigenvalue weighted by Gasteiger charge is 2.37. The first kappa shape index (κ1) is 20.8. The molecule has 1 aliphatic carbocycles. The van der Waals surface area contributed by atoms with E-state index in [1.165, 1.54) is 6.92 Å². The molecule has 156 valence electrons. The van der Waals surface area contributed by atoms with Gasteiger partial charge in [0.15, 0.2) is 6.10 Å². The Morgan fingerprint density at radius 2 is 1.79 bits per heavy atom. The van der Waals surface area contributed by atoms with Crippen molar-refractivity contribution in [3.63, 3.8) is 0 Å². The van der Waals surface area contributed by atoms with Gasteiger partial charge in [-0.1, -0.05) is 30.5 Å². The molecule has 1 heterocycles. The number of carbonyl (C=O) groups is 4. The summed E-state index contributed by atoms with van der Waals surface area (Å²) in [5, 5.41) is 4.95. The first-order valence-corrected chi connectivity index (χ1v) is 10.0. The van der Waals surface area contributed by atoms with E-state index in [9.17, 15) is 19.2 Å². The number of amides is 4. The van der Waals surface area contributed by atoms with Crippen LogP contribution < -0.4 is 15.5 Å². The fraction of sp³-hybridized carbons (Fsp3) is 0.524. The average Bonchev–Trinajstić information content (AvgIpc) is 3.32. The Balaban J connectivity index is 1.48. The van der Waals surface area contributed by atoms with Crippen LogP contribution in [0.3, 0.4) is 0 Å². The second kappa shape index (κ2) is 9.07. The third-order valence-corrected chi connectivity index (χ3v) is 5.39. The largest absolute Gasteiger partial charge is 0.452 e. The first-order chi connectivity index (χ1) is 13.8. The number of rotatable bonds is 5. The van der Waals surface area contributed by atoms with E-state index in [1.807, 2.05) is 31.2 Å². The highest BCUT2D eigenvalue weighted by Crippen LogP contribution is 2.26. The number of benzene rings is 1. The minimum atomic E-state index is -1.12. The van der Waals surface area contributed by atoms with Crippen LogP contribution in [0.15, 0.2) is 24.3 Å². The van der Waals surface area contributed by atoms with Gasteiger partial charge in [0.2, 0.25) is 5.91 Å². The normalized spacial score (nSPS) is 20.4. The number of anilines is 1. The van der Waals surface area contributed by atoms with Gasteiger partial charge in [0.1, 0.15) is 0 Å². The number of esters is 1. The smallest absolute Gasteiger partial charge is 0.321 e. The van der Waals surface area contributed by atoms with Crippen molar-refractivity contribution in [2.24, 2.45) is 5.92 Å². The second-order valence-electron chi connectivity index (χ2n) is 7.76. The SMILES string of the molecule is Cc1ccc(N2C[C@H](C(=O)O[C@H](C)C(=O)NC(=O)NC3CCCC3)CC2=O)cc1. The van der Waals surface area contributed by atoms with Crippen molar-refractivity contribution < 1.29 is 23.9 Å². The molecular weight excluding hydrogens is 374 g/mol. The van der Waals surface area contributed by atoms with E-state index < -0.39 is 29.9 Å². The molecule has 0 radical (unpaired) electrons. The number of carbonyl (C=O) groups excluding carboxylic acids is 4. The molecule has 8 nitrogen and oxygen atoms in total. The molecule has 1 aromatic carbocycles. The van der Waals surface area contributed by atoms with Crippen LogP contribution in [0.25, 0.3) is 0 Å². The summed E-state index contributed by atoms with van der Waals surface area (Å²) in [5.74, 6) is -2.12. The summed E-state index contributed by atoms with van der Waals surface area (Å²) in [4.78, 5) is 50.3. The lowest BCUT2D eigenvalue weighted by atomic mass is 10.1. The van der Waals surface area contributed by atoms with Gasteiger partial charge >= 0.3 is 12.0 Å². The maximum absolute atomic E-state index is 12.4. The van der Waals surface area contributed by atoms with E-state index >= 15 is 0 Å². The van der Waals surface area contributed by atoms with E-state index in [4.69, 9.17) is 4.74 Å². The van der Waals surface area contributed by atoms with E-state index in [0.717, 1.165) is 36.9 Å². The third kappa shape index (κ3) is 5.34. The molecule has 1 saturated carbocycles. The van der Waals surface area contributed by atoms with Gasteiger partial charge in [-0.3, -0.25) is 19.7 Å². The molecule has 0 spiro atoms. The quantitative estimate of drug-likeness (QED) is 0.735. The van der Waals surface area contributed by atoms with Crippen molar-refractivity contribution >= 4 is 29.5 Å². The Labute approximate surface area is 170 Å². The van der Waals surface area contributed by atoms with Crippen LogP contribution in [0.2, 0.25) is 0 Å². The first-order valence-electron chi connectivity index (χ1n) is 10.0. The van der Waals surface area contributed by atoms with Crippen molar-refractivity contribution in [3.05, 3.63) is 29.8 Å². The van der Waals surface area contributed by atoms with E-state index in [0.29, 0.717) is 0 Å². The van der Waals surface area contributed by atoms with Crippen LogP contribution in [0.5, 0.6) is 0 Å². The number of hydrogen-bond acceptors (Lipinski definition) is 5. The van der Waals surface area contributed by atoms with E-state index in [1.54, 1.807) is 4.90 Å². The van der Waals surface area contributed by atoms with Crippen LogP contribution in [0.1, 0.15) is 44.6 Å². The van der Waals surface area contributed by atoms with Crippen molar-refractivity contribution in [1.29, 1.82) is 0 Å². The molecule has 1 aliphatic heterocycles. The molecule has 3 rings (SSSR count). The van der Waals surface area contributed by atoms with Gasteiger partial charge in [-0.25, -0.2) is 4.79 Å². The predicted molar refractivity (Wildman–Crippen MR) is 106 cm³/mol. The molecule has 2 fully saturated rings. The summed E-state index contributed by atoms with van der Waals surface area (Å²) in [7, 11) is 0. The van der Waals surface area contributed by atoms with E-state index in [-0.39, 0.29) is 24.9 Å². The molecule has 8 heteroatoms. The second-order valence-corrected chi connectivity index (χ2v) is 7.76. The summed E-state index contributed by atoms with van der Waals surface area (Å²) in [5.41, 5.74) is 1.80. The molecule has 2 N–H and O–H groups in total. The predicted octanol–water partition coefficient (Wildman–Crippen LogP) is 2.05. The van der Waals surface area contributed by atoms with Crippen LogP contribution in [0.4, 0.5) is 10.5 Å². The summed E-state index contributed by atoms with van der Waals surface area (Å²) < 4.78 is 5.21. The van der Waals surface area contributed by atoms with Gasteiger partial charge in [0, 0.05) is 24.7 Å². The molecular formula is C21H27N3O5. The highest BCUT2D eigenvalue weighted by atomic mass is 16.5. The number of hydrogen-bond donors (Lipinski definition) is 2. The van der Waals surface area contributed by atoms with Crippen LogP contribution in [-0.4, -0.2) is 42.5 Å². The summed E-state index contributed by atoms with van der Waals surface area (Å²) >= 11 is 0. The van der Waals surface area contributed by atoms with Crippen LogP contribution in [0, 0.1) is 12.8 Å². The Kier molecular flexibility index (Phi) is 6.51. The molecule has 2 atom stereocenters. The fourth-order valence-corrected chi connectivity index (χ4v) is 3.67. The lowest BCUT2D eigenvalue weighted by molar-refractivity contribution is -0.158. The lowest BCUT2D eigenvalue weighted by Crippen LogP contribution is -2.47. The number of imide groups is 1. The number of urea groups is 1. The van der Waals surface area contributed by atoms with Crippen molar-refractivity contribution in [3.8, 4) is 0 Å². The minimum absolute atomic E-state index is 0.0310. The molecule has 29 heavy (non-hydrogen) atoms. The van der Waals surface area contributed by atoms with E-state index in [2.05, 4.69) is 10.6 Å². The zero-order chi connectivity index (χ0) is 21.0. The van der Waals surface area contributed by atoms with Gasteiger partial charge in [0.05, 0.1) is 5.92 Å². The molecule has 0 bridgehead atoms. The number of nitrogens with zero attached hydrogens (tertiary/aromatic N) is 1. The minimum Gasteiger partial charge on any atom is -0.452 e. The molecule has 0 aromatic heterocycles. The number of ether oxygens (including phenoxy) is 1. The zero-order valence-corrected chi connectivity index (χ0v) is 16.8. The van der Waals surface area contributed by atoms with Crippen LogP contribution >= 0.6 is 0 Å². The Hall–Kier alpha value is -2.90. The van der Waals surface area contributed by atoms with Gasteiger partial charge in [-0.05, 0) is 38.8 Å². The lowest BCUT2D eigenvalue weighted by Gasteiger charge is -2.18. The van der Waals surface area contributed by atoms with Crippen molar-refractivity contribution in [2.45, 2.75) is 58.1 Å². The van der Waals surface area contributed by atoms with Gasteiger partial charge in [-0.15, -0.1) is 0 Å². The monoisotopic (exact) mass is 401 g/mol. The summed E-state index contributed by atoms with van der Waals surface area (Å²) in [6.45, 7) is 3.57. The summed E-state index contributed by atoms with van der Waals surface area (Å²) in [6, 6.07) is 6.97. The molecule has 1 aromatic rings. The van der Waals surface area contributed by atoms with Crippen molar-refractivity contribution in [1.82, 2.24) is 10.6 Å². The standard InChI is InChI=1S/C21H27N3O5/c1-13-7-9-17(10-8-13)24-12-15(11-18(24)25)20(27)29-14(2)19(26)23-21(28)22-16-5-3-4-6-16/h7-10,14-16H,3-6,11-12H2,1-2H3,(H2,22,23,26,28)/t14-,15-/m1/s1. The number of aryl methyl sites for hydroxylation is 1. The zero-order valence-electron chi connectivity index (χ0n) is 16.8. The molecule has 1 saturated heterocycles. The van der Waals surface area contributed by atoms with Gasteiger partial charge in [-0.2, -0.15) is 0 Å². The third-order valence-electron chi connectivity index (χ3n) is 5.39. The van der Waals surface area contributed by atoms with Gasteiger partial charge < -0.3 is 15.0 Å². The Bertz CT molecular complexity index is 786. The fourth-order valence-electron chi connectivity index (χ4n) is 3.67. The van der Waals surface area contributed by atoms with Gasteiger partial charge in [0.25, 0.3) is 5.91 Å². The number of nitrogens with one attached hydrogen (secondary N) is 2. The Morgan fingerprint density at radius 3 is 2.45 bits per heavy atom. The Morgan fingerprint density at radius 1 is 1.14 bits per heavy atom. The van der Waals surface area contributed by atoms with Crippen molar-refractivity contribution in [2.75, 3.05) is 11.4 Å². The van der Waals surface area contributed by atoms with Crippen LogP contribution in [-0.2, 0) is 19.1 Å².